The summed E-state index contributed by atoms with van der Waals surface area (Å²) in [6.45, 7) is 2.95. The van der Waals surface area contributed by atoms with Crippen LogP contribution in [-0.4, -0.2) is 70.3 Å². The molecule has 126 valence electrons. The van der Waals surface area contributed by atoms with E-state index in [4.69, 9.17) is 9.47 Å². The lowest BCUT2D eigenvalue weighted by molar-refractivity contribution is -0.862. The van der Waals surface area contributed by atoms with Crippen molar-refractivity contribution in [1.29, 1.82) is 0 Å². The van der Waals surface area contributed by atoms with Crippen molar-refractivity contribution in [2.45, 2.75) is 0 Å². The Labute approximate surface area is 136 Å². The number of anilines is 1. The Morgan fingerprint density at radius 2 is 2.04 bits per heavy atom. The molecule has 7 heteroatoms. The summed E-state index contributed by atoms with van der Waals surface area (Å²) in [5, 5.41) is 2.82. The summed E-state index contributed by atoms with van der Waals surface area (Å²) in [5.41, 5.74) is 0.682. The minimum atomic E-state index is -0.134. The molecule has 7 nitrogen and oxygen atoms in total. The van der Waals surface area contributed by atoms with Crippen LogP contribution < -0.4 is 15.0 Å². The molecule has 1 aromatic carbocycles. The van der Waals surface area contributed by atoms with Crippen LogP contribution in [-0.2, 0) is 14.3 Å². The molecule has 1 atom stereocenters. The summed E-state index contributed by atoms with van der Waals surface area (Å²) < 4.78 is 10.4. The van der Waals surface area contributed by atoms with Gasteiger partial charge in [0.15, 0.2) is 13.1 Å². The molecule has 2 amide bonds. The van der Waals surface area contributed by atoms with E-state index in [1.165, 1.54) is 0 Å². The van der Waals surface area contributed by atoms with E-state index in [0.717, 1.165) is 4.90 Å². The SMILES string of the molecule is COc1cccc(NC(=O)C[NH+](C)CC(=O)N2CCOCC2)c1. The van der Waals surface area contributed by atoms with Gasteiger partial charge in [-0.15, -0.1) is 0 Å². The number of amides is 2. The molecule has 0 aromatic heterocycles. The van der Waals surface area contributed by atoms with Gasteiger partial charge in [-0.1, -0.05) is 6.07 Å². The van der Waals surface area contributed by atoms with Gasteiger partial charge in [0.1, 0.15) is 5.75 Å². The summed E-state index contributed by atoms with van der Waals surface area (Å²) in [6, 6.07) is 7.18. The third-order valence-corrected chi connectivity index (χ3v) is 3.63. The highest BCUT2D eigenvalue weighted by atomic mass is 16.5. The van der Waals surface area contributed by atoms with Gasteiger partial charge in [0.2, 0.25) is 0 Å². The van der Waals surface area contributed by atoms with Gasteiger partial charge in [0.05, 0.1) is 27.4 Å². The number of ether oxygens (including phenoxy) is 2. The maximum atomic E-state index is 12.1. The molecule has 0 spiro atoms. The molecule has 1 aromatic rings. The highest BCUT2D eigenvalue weighted by Crippen LogP contribution is 2.16. The van der Waals surface area contributed by atoms with Gasteiger partial charge >= 0.3 is 0 Å². The van der Waals surface area contributed by atoms with Gasteiger partial charge in [0, 0.05) is 24.8 Å². The van der Waals surface area contributed by atoms with Gasteiger partial charge < -0.3 is 24.6 Å². The Morgan fingerprint density at radius 1 is 1.30 bits per heavy atom. The monoisotopic (exact) mass is 322 g/mol. The van der Waals surface area contributed by atoms with Crippen molar-refractivity contribution in [3.8, 4) is 5.75 Å². The number of methoxy groups -OCH3 is 1. The van der Waals surface area contributed by atoms with E-state index in [1.54, 1.807) is 24.1 Å². The Bertz CT molecular complexity index is 544. The van der Waals surface area contributed by atoms with Crippen molar-refractivity contribution < 1.29 is 24.0 Å². The molecule has 1 saturated heterocycles. The summed E-state index contributed by atoms with van der Waals surface area (Å²) in [6.07, 6.45) is 0. The molecule has 2 rings (SSSR count). The van der Waals surface area contributed by atoms with Crippen molar-refractivity contribution in [3.63, 3.8) is 0 Å². The van der Waals surface area contributed by atoms with Crippen molar-refractivity contribution in [2.24, 2.45) is 0 Å². The minimum Gasteiger partial charge on any atom is -0.497 e. The predicted octanol–water partition coefficient (Wildman–Crippen LogP) is -0.993. The maximum Gasteiger partial charge on any atom is 0.279 e. The quantitative estimate of drug-likeness (QED) is 0.705. The summed E-state index contributed by atoms with van der Waals surface area (Å²) in [5.74, 6) is 0.608. The van der Waals surface area contributed by atoms with Crippen LogP contribution in [0.25, 0.3) is 0 Å². The van der Waals surface area contributed by atoms with Gasteiger partial charge in [-0.25, -0.2) is 0 Å². The number of carbonyl (C=O) groups excluding carboxylic acids is 2. The summed E-state index contributed by atoms with van der Waals surface area (Å²) in [7, 11) is 3.42. The number of benzene rings is 1. The van der Waals surface area contributed by atoms with E-state index in [2.05, 4.69) is 5.32 Å². The van der Waals surface area contributed by atoms with Gasteiger partial charge in [-0.05, 0) is 12.1 Å². The number of quaternary nitrogens is 1. The highest BCUT2D eigenvalue weighted by molar-refractivity contribution is 5.91. The average Bonchev–Trinajstić information content (AvgIpc) is 2.55. The normalized spacial score (nSPS) is 15.8. The standard InChI is InChI=1S/C16H23N3O4/c1-18(12-16(21)19-6-8-23-9-7-19)11-15(20)17-13-4-3-5-14(10-13)22-2/h3-5,10H,6-9,11-12H2,1-2H3,(H,17,20)/p+1. The zero-order chi connectivity index (χ0) is 16.7. The Kier molecular flexibility index (Phi) is 6.37. The van der Waals surface area contributed by atoms with Crippen LogP contribution in [0.5, 0.6) is 5.75 Å². The topological polar surface area (TPSA) is 72.3 Å². The number of nitrogens with zero attached hydrogens (tertiary/aromatic N) is 1. The Morgan fingerprint density at radius 3 is 2.74 bits per heavy atom. The number of hydrogen-bond acceptors (Lipinski definition) is 4. The first-order valence-electron chi connectivity index (χ1n) is 7.69. The van der Waals surface area contributed by atoms with Crippen LogP contribution in [0.15, 0.2) is 24.3 Å². The lowest BCUT2D eigenvalue weighted by Crippen LogP contribution is -3.11. The summed E-state index contributed by atoms with van der Waals surface area (Å²) in [4.78, 5) is 26.8. The molecule has 1 aliphatic heterocycles. The molecule has 0 saturated carbocycles. The van der Waals surface area contributed by atoms with E-state index in [9.17, 15) is 9.59 Å². The van der Waals surface area contributed by atoms with Crippen molar-refractivity contribution in [2.75, 3.05) is 58.9 Å². The third kappa shape index (κ3) is 5.54. The van der Waals surface area contributed by atoms with Crippen LogP contribution >= 0.6 is 0 Å². The molecule has 0 bridgehead atoms. The van der Waals surface area contributed by atoms with Crippen LogP contribution in [0.3, 0.4) is 0 Å². The van der Waals surface area contributed by atoms with Crippen LogP contribution in [0, 0.1) is 0 Å². The third-order valence-electron chi connectivity index (χ3n) is 3.63. The molecule has 1 heterocycles. The molecular weight excluding hydrogens is 298 g/mol. The fraction of sp³-hybridized carbons (Fsp3) is 0.500. The van der Waals surface area contributed by atoms with Gasteiger partial charge in [-0.2, -0.15) is 0 Å². The fourth-order valence-electron chi connectivity index (χ4n) is 2.43. The molecule has 2 N–H and O–H groups in total. The van der Waals surface area contributed by atoms with E-state index >= 15 is 0 Å². The predicted molar refractivity (Wildman–Crippen MR) is 85.6 cm³/mol. The summed E-state index contributed by atoms with van der Waals surface area (Å²) >= 11 is 0. The number of morpholine rings is 1. The van der Waals surface area contributed by atoms with E-state index in [-0.39, 0.29) is 18.4 Å². The van der Waals surface area contributed by atoms with Crippen LogP contribution in [0.1, 0.15) is 0 Å². The zero-order valence-corrected chi connectivity index (χ0v) is 13.6. The first-order valence-corrected chi connectivity index (χ1v) is 7.69. The van der Waals surface area contributed by atoms with Crippen molar-refractivity contribution in [3.05, 3.63) is 24.3 Å². The van der Waals surface area contributed by atoms with Crippen molar-refractivity contribution >= 4 is 17.5 Å². The first kappa shape index (κ1) is 17.2. The van der Waals surface area contributed by atoms with E-state index in [0.29, 0.717) is 44.3 Å². The molecule has 0 aliphatic carbocycles. The van der Waals surface area contributed by atoms with Crippen LogP contribution in [0.2, 0.25) is 0 Å². The second kappa shape index (κ2) is 8.50. The number of hydrogen-bond donors (Lipinski definition) is 2. The number of nitrogens with one attached hydrogen (secondary N) is 2. The average molecular weight is 322 g/mol. The first-order chi connectivity index (χ1) is 11.1. The number of likely N-dealkylation sites (N-methyl/N-ethyl adjacent to an activating group) is 1. The second-order valence-electron chi connectivity index (χ2n) is 5.58. The Hall–Kier alpha value is -2.12. The largest absolute Gasteiger partial charge is 0.497 e. The van der Waals surface area contributed by atoms with Crippen LogP contribution in [0.4, 0.5) is 5.69 Å². The minimum absolute atomic E-state index is 0.0555. The second-order valence-corrected chi connectivity index (χ2v) is 5.58. The maximum absolute atomic E-state index is 12.1. The molecule has 1 unspecified atom stereocenters. The lowest BCUT2D eigenvalue weighted by atomic mass is 10.3. The number of rotatable bonds is 6. The molecule has 1 aliphatic rings. The smallest absolute Gasteiger partial charge is 0.279 e. The lowest BCUT2D eigenvalue weighted by Gasteiger charge is -2.27. The van der Waals surface area contributed by atoms with E-state index < -0.39 is 0 Å². The van der Waals surface area contributed by atoms with Gasteiger partial charge in [0.25, 0.3) is 11.8 Å². The zero-order valence-electron chi connectivity index (χ0n) is 13.6. The molecule has 0 radical (unpaired) electrons. The highest BCUT2D eigenvalue weighted by Gasteiger charge is 2.21. The fourth-order valence-corrected chi connectivity index (χ4v) is 2.43. The molecule has 1 fully saturated rings. The van der Waals surface area contributed by atoms with E-state index in [1.807, 2.05) is 19.2 Å². The molecular formula is C16H24N3O4+. The van der Waals surface area contributed by atoms with Gasteiger partial charge in [-0.3, -0.25) is 9.59 Å². The van der Waals surface area contributed by atoms with Crippen molar-refractivity contribution in [1.82, 2.24) is 4.90 Å². The number of carbonyl (C=O) groups is 2. The Balaban J connectivity index is 1.78. The molecule has 23 heavy (non-hydrogen) atoms.